The number of benzene rings is 5. The van der Waals surface area contributed by atoms with E-state index in [9.17, 15) is 0 Å². The Balaban J connectivity index is 1.22. The molecular weight excluding hydrogens is 661 g/mol. The lowest BCUT2D eigenvalue weighted by Gasteiger charge is -2.22. The maximum absolute atomic E-state index is 6.77. The SMILES string of the molecule is Cc1cc(-n2c3ccccc3c3c(C(C)(C)C)cc(Oc4cccc(-c5cn(-c6c(C)cccc6C)cn5)c4)cc32)ncc1-c1cccc(C(C)(C)C)c1. The first-order valence-electron chi connectivity index (χ1n) is 18.8. The second-order valence-corrected chi connectivity index (χ2v) is 16.7. The van der Waals surface area contributed by atoms with E-state index in [0.29, 0.717) is 0 Å². The molecule has 5 heteroatoms. The molecule has 0 aliphatic heterocycles. The van der Waals surface area contributed by atoms with E-state index in [0.717, 1.165) is 50.9 Å². The largest absolute Gasteiger partial charge is 0.457 e. The Hall–Kier alpha value is -5.94. The molecule has 8 rings (SSSR count). The second-order valence-electron chi connectivity index (χ2n) is 16.7. The van der Waals surface area contributed by atoms with Crippen molar-refractivity contribution < 1.29 is 4.74 Å². The molecule has 0 radical (unpaired) electrons. The summed E-state index contributed by atoms with van der Waals surface area (Å²) < 4.78 is 11.2. The summed E-state index contributed by atoms with van der Waals surface area (Å²) in [7, 11) is 0. The molecule has 54 heavy (non-hydrogen) atoms. The first-order valence-corrected chi connectivity index (χ1v) is 18.8. The van der Waals surface area contributed by atoms with Gasteiger partial charge >= 0.3 is 0 Å². The number of aromatic nitrogens is 4. The van der Waals surface area contributed by atoms with E-state index in [1.54, 1.807) is 0 Å². The molecule has 3 heterocycles. The first kappa shape index (κ1) is 35.1. The third-order valence-corrected chi connectivity index (χ3v) is 10.6. The average molecular weight is 709 g/mol. The summed E-state index contributed by atoms with van der Waals surface area (Å²) in [5.74, 6) is 2.42. The van der Waals surface area contributed by atoms with Crippen molar-refractivity contribution in [2.75, 3.05) is 0 Å². The summed E-state index contributed by atoms with van der Waals surface area (Å²) in [6, 6.07) is 38.7. The highest BCUT2D eigenvalue weighted by atomic mass is 16.5. The topological polar surface area (TPSA) is 44.9 Å². The van der Waals surface area contributed by atoms with Gasteiger partial charge in [-0.15, -0.1) is 0 Å². The summed E-state index contributed by atoms with van der Waals surface area (Å²) in [4.78, 5) is 9.94. The van der Waals surface area contributed by atoms with Crippen molar-refractivity contribution in [3.05, 3.63) is 156 Å². The van der Waals surface area contributed by atoms with Gasteiger partial charge in [0.1, 0.15) is 17.3 Å². The van der Waals surface area contributed by atoms with Crippen molar-refractivity contribution in [2.24, 2.45) is 0 Å². The molecule has 0 amide bonds. The molecule has 0 aliphatic rings. The number of aryl methyl sites for hydroxylation is 3. The van der Waals surface area contributed by atoms with Gasteiger partial charge in [-0.05, 0) is 95.3 Å². The second kappa shape index (κ2) is 13.2. The molecule has 8 aromatic rings. The number of nitrogens with zero attached hydrogens (tertiary/aromatic N) is 4. The molecule has 0 atom stereocenters. The lowest BCUT2D eigenvalue weighted by molar-refractivity contribution is 0.480. The number of fused-ring (bicyclic) bond motifs is 3. The zero-order valence-electron chi connectivity index (χ0n) is 32.8. The minimum absolute atomic E-state index is 0.0653. The van der Waals surface area contributed by atoms with E-state index < -0.39 is 0 Å². The summed E-state index contributed by atoms with van der Waals surface area (Å²) in [5.41, 5.74) is 13.6. The Bertz CT molecular complexity index is 2680. The lowest BCUT2D eigenvalue weighted by atomic mass is 9.84. The van der Waals surface area contributed by atoms with Crippen molar-refractivity contribution in [2.45, 2.75) is 73.1 Å². The standard InChI is InChI=1S/C49H48N4O/c1-31-15-12-16-32(2)47(31)52-29-42(51-30-52)35-18-14-20-37(25-35)54-38-26-41(49(7,8)9)46-39-21-10-11-22-43(39)53(44(46)27-38)45-23-33(3)40(28-50-45)34-17-13-19-36(24-34)48(4,5)6/h10-30H,1-9H3. The smallest absolute Gasteiger partial charge is 0.137 e. The Labute approximate surface area is 318 Å². The predicted molar refractivity (Wildman–Crippen MR) is 225 cm³/mol. The Morgan fingerprint density at radius 1 is 0.593 bits per heavy atom. The highest BCUT2D eigenvalue weighted by molar-refractivity contribution is 6.11. The molecule has 3 aromatic heterocycles. The molecule has 5 nitrogen and oxygen atoms in total. The number of ether oxygens (including phenoxy) is 1. The van der Waals surface area contributed by atoms with Gasteiger partial charge in [-0.2, -0.15) is 0 Å². The third kappa shape index (κ3) is 6.38. The summed E-state index contributed by atoms with van der Waals surface area (Å²) in [6.07, 6.45) is 6.02. The Morgan fingerprint density at radius 2 is 1.31 bits per heavy atom. The van der Waals surface area contributed by atoms with Crippen LogP contribution in [-0.4, -0.2) is 19.1 Å². The Morgan fingerprint density at radius 3 is 2.06 bits per heavy atom. The molecule has 270 valence electrons. The highest BCUT2D eigenvalue weighted by Gasteiger charge is 2.25. The first-order chi connectivity index (χ1) is 25.8. The van der Waals surface area contributed by atoms with Crippen LogP contribution >= 0.6 is 0 Å². The van der Waals surface area contributed by atoms with Crippen molar-refractivity contribution >= 4 is 21.8 Å². The third-order valence-electron chi connectivity index (χ3n) is 10.6. The molecule has 0 saturated carbocycles. The number of hydrogen-bond donors (Lipinski definition) is 0. The van der Waals surface area contributed by atoms with Crippen LogP contribution in [0.3, 0.4) is 0 Å². The predicted octanol–water partition coefficient (Wildman–Crippen LogP) is 13.0. The summed E-state index contributed by atoms with van der Waals surface area (Å²) >= 11 is 0. The van der Waals surface area contributed by atoms with Crippen LogP contribution in [0.1, 0.15) is 69.4 Å². The minimum Gasteiger partial charge on any atom is -0.457 e. The van der Waals surface area contributed by atoms with E-state index in [1.807, 2.05) is 24.7 Å². The maximum atomic E-state index is 6.77. The van der Waals surface area contributed by atoms with Gasteiger partial charge in [0.2, 0.25) is 0 Å². The van der Waals surface area contributed by atoms with E-state index in [2.05, 4.69) is 175 Å². The van der Waals surface area contributed by atoms with Crippen LogP contribution in [0.15, 0.2) is 128 Å². The van der Waals surface area contributed by atoms with Gasteiger partial charge in [0.25, 0.3) is 0 Å². The van der Waals surface area contributed by atoms with Gasteiger partial charge in [0.05, 0.1) is 28.7 Å². The molecule has 0 unspecified atom stereocenters. The molecule has 0 spiro atoms. The number of pyridine rings is 1. The molecule has 0 aliphatic carbocycles. The van der Waals surface area contributed by atoms with Gasteiger partial charge in [-0.25, -0.2) is 9.97 Å². The maximum Gasteiger partial charge on any atom is 0.137 e. The lowest BCUT2D eigenvalue weighted by Crippen LogP contribution is -2.12. The van der Waals surface area contributed by atoms with Gasteiger partial charge < -0.3 is 9.30 Å². The molecule has 0 N–H and O–H groups in total. The summed E-state index contributed by atoms with van der Waals surface area (Å²) in [5, 5.41) is 2.42. The van der Waals surface area contributed by atoms with Gasteiger partial charge in [-0.1, -0.05) is 114 Å². The fourth-order valence-electron chi connectivity index (χ4n) is 7.75. The van der Waals surface area contributed by atoms with Crippen molar-refractivity contribution in [3.8, 4) is 45.4 Å². The van der Waals surface area contributed by atoms with Crippen LogP contribution in [0, 0.1) is 20.8 Å². The van der Waals surface area contributed by atoms with E-state index in [-0.39, 0.29) is 10.8 Å². The molecular formula is C49H48N4O. The number of hydrogen-bond acceptors (Lipinski definition) is 3. The van der Waals surface area contributed by atoms with E-state index >= 15 is 0 Å². The molecule has 0 saturated heterocycles. The van der Waals surface area contributed by atoms with Gasteiger partial charge in [-0.3, -0.25) is 4.57 Å². The molecule has 5 aromatic carbocycles. The fraction of sp³-hybridized carbons (Fsp3) is 0.224. The molecule has 0 fully saturated rings. The number of para-hydroxylation sites is 2. The quantitative estimate of drug-likeness (QED) is 0.173. The number of rotatable bonds is 6. The Kier molecular flexibility index (Phi) is 8.56. The molecule has 0 bridgehead atoms. The van der Waals surface area contributed by atoms with Crippen LogP contribution in [0.25, 0.3) is 55.7 Å². The summed E-state index contributed by atoms with van der Waals surface area (Å²) in [6.45, 7) is 20.0. The van der Waals surface area contributed by atoms with E-state index in [4.69, 9.17) is 14.7 Å². The highest BCUT2D eigenvalue weighted by Crippen LogP contribution is 2.42. The van der Waals surface area contributed by atoms with Crippen molar-refractivity contribution in [1.29, 1.82) is 0 Å². The van der Waals surface area contributed by atoms with Crippen LogP contribution in [0.4, 0.5) is 0 Å². The fourth-order valence-corrected chi connectivity index (χ4v) is 7.75. The van der Waals surface area contributed by atoms with Crippen LogP contribution in [0.2, 0.25) is 0 Å². The van der Waals surface area contributed by atoms with Gasteiger partial charge in [0.15, 0.2) is 0 Å². The zero-order chi connectivity index (χ0) is 37.9. The van der Waals surface area contributed by atoms with E-state index in [1.165, 1.54) is 44.2 Å². The van der Waals surface area contributed by atoms with Crippen molar-refractivity contribution in [3.63, 3.8) is 0 Å². The van der Waals surface area contributed by atoms with Crippen LogP contribution < -0.4 is 4.74 Å². The minimum atomic E-state index is -0.153. The normalized spacial score (nSPS) is 12.2. The van der Waals surface area contributed by atoms with Crippen molar-refractivity contribution in [1.82, 2.24) is 19.1 Å². The average Bonchev–Trinajstić information content (AvgIpc) is 3.74. The monoisotopic (exact) mass is 708 g/mol. The van der Waals surface area contributed by atoms with Crippen LogP contribution in [-0.2, 0) is 10.8 Å². The zero-order valence-corrected chi connectivity index (χ0v) is 32.8. The number of imidazole rings is 1. The van der Waals surface area contributed by atoms with Crippen LogP contribution in [0.5, 0.6) is 11.5 Å². The van der Waals surface area contributed by atoms with Gasteiger partial charge in [0, 0.05) is 40.4 Å².